The predicted octanol–water partition coefficient (Wildman–Crippen LogP) is 1.75. The van der Waals surface area contributed by atoms with Crippen molar-refractivity contribution < 1.29 is 21.1 Å². The van der Waals surface area contributed by atoms with Gasteiger partial charge in [-0.2, -0.15) is 6.08 Å². The summed E-state index contributed by atoms with van der Waals surface area (Å²) in [4.78, 5) is 0. The molecule has 0 bridgehead atoms. The van der Waals surface area contributed by atoms with Gasteiger partial charge in [-0.25, -0.2) is 12.2 Å². The molecule has 0 N–H and O–H groups in total. The zero-order valence-electron chi connectivity index (χ0n) is 4.26. The number of rotatable bonds is 0. The van der Waals surface area contributed by atoms with E-state index in [4.69, 9.17) is 0 Å². The molecule has 0 saturated heterocycles. The first-order valence-corrected chi connectivity index (χ1v) is 1.72. The Kier molecular flexibility index (Phi) is 9.00. The molecular weight excluding hydrogens is 267 g/mol. The van der Waals surface area contributed by atoms with Gasteiger partial charge in [-0.3, -0.25) is 6.08 Å². The van der Waals surface area contributed by atoms with Crippen LogP contribution in [0, 0.1) is 13.5 Å². The Balaban J connectivity index is 0. The molecule has 0 aromatic carbocycles. The van der Waals surface area contributed by atoms with E-state index in [1.165, 1.54) is 0 Å². The van der Waals surface area contributed by atoms with Crippen LogP contribution in [0.4, 0.5) is 0 Å². The van der Waals surface area contributed by atoms with Gasteiger partial charge >= 0.3 is 21.1 Å². The van der Waals surface area contributed by atoms with Crippen molar-refractivity contribution in [3.8, 4) is 0 Å². The molecule has 0 heterocycles. The van der Waals surface area contributed by atoms with E-state index in [1.54, 1.807) is 0 Å². The molecule has 1 aliphatic carbocycles. The largest absolute Gasteiger partial charge is 2.00 e. The van der Waals surface area contributed by atoms with Crippen LogP contribution in [0.15, 0.2) is 18.2 Å². The Hall–Kier alpha value is 0.168. The fraction of sp³-hybridized carbons (Fsp3) is 0.167. The maximum absolute atomic E-state index is 2.99. The van der Waals surface area contributed by atoms with Gasteiger partial charge in [-0.05, 0) is 0 Å². The Bertz CT molecular complexity index is 62.2. The molecule has 0 fully saturated rings. The average Bonchev–Trinajstić information content (AvgIpc) is 1.76. The average molecular weight is 275 g/mol. The van der Waals surface area contributed by atoms with Crippen LogP contribution < -0.4 is 0 Å². The fourth-order valence-corrected chi connectivity index (χ4v) is 0.340. The maximum atomic E-state index is 2.99. The Morgan fingerprint density at radius 1 is 1.43 bits per heavy atom. The quantitative estimate of drug-likeness (QED) is 0.591. The second kappa shape index (κ2) is 6.17. The molecular formula is C6H8Pt. The zero-order valence-corrected chi connectivity index (χ0v) is 6.53. The molecule has 1 aliphatic rings. The van der Waals surface area contributed by atoms with Crippen molar-refractivity contribution in [2.45, 2.75) is 6.42 Å². The smallest absolute Gasteiger partial charge is 0.358 e. The summed E-state index contributed by atoms with van der Waals surface area (Å²) in [6, 6.07) is 0. The molecule has 0 unspecified atom stereocenters. The number of hydrogen-bond donors (Lipinski definition) is 0. The van der Waals surface area contributed by atoms with Crippen molar-refractivity contribution in [2.24, 2.45) is 0 Å². The van der Waals surface area contributed by atoms with E-state index in [2.05, 4.69) is 12.2 Å². The minimum absolute atomic E-state index is 0. The van der Waals surface area contributed by atoms with Crippen molar-refractivity contribution in [2.75, 3.05) is 0 Å². The normalized spacial score (nSPS) is 12.6. The molecule has 7 heavy (non-hydrogen) atoms. The Morgan fingerprint density at radius 3 is 2.29 bits per heavy atom. The standard InChI is InChI=1S/C5H5.CH3.Pt/c1-2-4-5-3-1;;/h1-3H,4H2;1H3;/q2*-1;+2. The topological polar surface area (TPSA) is 0 Å². The Morgan fingerprint density at radius 2 is 2.14 bits per heavy atom. The van der Waals surface area contributed by atoms with Crippen LogP contribution in [-0.2, 0) is 21.1 Å². The van der Waals surface area contributed by atoms with Gasteiger partial charge in [0, 0.05) is 0 Å². The van der Waals surface area contributed by atoms with Crippen LogP contribution in [0.25, 0.3) is 0 Å². The summed E-state index contributed by atoms with van der Waals surface area (Å²) < 4.78 is 0. The van der Waals surface area contributed by atoms with Gasteiger partial charge in [0.15, 0.2) is 0 Å². The third kappa shape index (κ3) is 4.01. The van der Waals surface area contributed by atoms with E-state index in [-0.39, 0.29) is 28.5 Å². The summed E-state index contributed by atoms with van der Waals surface area (Å²) in [5.74, 6) is 0. The number of hydrogen-bond acceptors (Lipinski definition) is 0. The summed E-state index contributed by atoms with van der Waals surface area (Å²) in [7, 11) is 0. The van der Waals surface area contributed by atoms with Gasteiger partial charge in [0.2, 0.25) is 0 Å². The first-order chi connectivity index (χ1) is 2.50. The van der Waals surface area contributed by atoms with Crippen LogP contribution in [0.1, 0.15) is 6.42 Å². The first kappa shape index (κ1) is 10.2. The van der Waals surface area contributed by atoms with Crippen molar-refractivity contribution in [1.29, 1.82) is 0 Å². The van der Waals surface area contributed by atoms with E-state index in [1.807, 2.05) is 12.2 Å². The first-order valence-electron chi connectivity index (χ1n) is 1.72. The monoisotopic (exact) mass is 275 g/mol. The zero-order chi connectivity index (χ0) is 3.54. The van der Waals surface area contributed by atoms with Crippen molar-refractivity contribution in [3.05, 3.63) is 31.7 Å². The van der Waals surface area contributed by atoms with Crippen molar-refractivity contribution in [3.63, 3.8) is 0 Å². The molecule has 0 aromatic rings. The van der Waals surface area contributed by atoms with Gasteiger partial charge in [0.1, 0.15) is 0 Å². The van der Waals surface area contributed by atoms with Crippen LogP contribution in [-0.4, -0.2) is 0 Å². The van der Waals surface area contributed by atoms with Crippen molar-refractivity contribution >= 4 is 0 Å². The van der Waals surface area contributed by atoms with Gasteiger partial charge in [-0.15, -0.1) is 6.42 Å². The van der Waals surface area contributed by atoms with E-state index in [0.29, 0.717) is 0 Å². The van der Waals surface area contributed by atoms with Gasteiger partial charge < -0.3 is 7.43 Å². The third-order valence-corrected chi connectivity index (χ3v) is 0.586. The van der Waals surface area contributed by atoms with E-state index in [9.17, 15) is 0 Å². The third-order valence-electron chi connectivity index (χ3n) is 0.586. The minimum Gasteiger partial charge on any atom is -0.358 e. The second-order valence-corrected chi connectivity index (χ2v) is 1.00. The van der Waals surface area contributed by atoms with Gasteiger partial charge in [0.05, 0.1) is 0 Å². The summed E-state index contributed by atoms with van der Waals surface area (Å²) in [6.07, 6.45) is 10.0. The summed E-state index contributed by atoms with van der Waals surface area (Å²) in [5.41, 5.74) is 0. The SMILES string of the molecule is [C-]1=CC=CC1.[CH3-].[Pt+2]. The fourth-order valence-electron chi connectivity index (χ4n) is 0.340. The Labute approximate surface area is 59.6 Å². The number of allylic oxidation sites excluding steroid dienone is 4. The second-order valence-electron chi connectivity index (χ2n) is 1.00. The summed E-state index contributed by atoms with van der Waals surface area (Å²) in [6.45, 7) is 0. The van der Waals surface area contributed by atoms with Crippen LogP contribution >= 0.6 is 0 Å². The molecule has 0 spiro atoms. The van der Waals surface area contributed by atoms with Crippen molar-refractivity contribution in [1.82, 2.24) is 0 Å². The van der Waals surface area contributed by atoms with E-state index in [0.717, 1.165) is 6.42 Å². The van der Waals surface area contributed by atoms with Gasteiger partial charge in [0.25, 0.3) is 0 Å². The van der Waals surface area contributed by atoms with Crippen LogP contribution in [0.2, 0.25) is 0 Å². The van der Waals surface area contributed by atoms with Crippen LogP contribution in [0.3, 0.4) is 0 Å². The van der Waals surface area contributed by atoms with E-state index >= 15 is 0 Å². The predicted molar refractivity (Wildman–Crippen MR) is 28.0 cm³/mol. The molecule has 0 aromatic heterocycles. The maximum Gasteiger partial charge on any atom is 2.00 e. The molecule has 1 rings (SSSR count). The van der Waals surface area contributed by atoms with E-state index < -0.39 is 0 Å². The molecule has 42 valence electrons. The molecule has 0 aliphatic heterocycles. The molecule has 0 saturated carbocycles. The molecule has 1 heteroatoms. The van der Waals surface area contributed by atoms with Crippen LogP contribution in [0.5, 0.6) is 0 Å². The van der Waals surface area contributed by atoms with Gasteiger partial charge in [-0.1, -0.05) is 0 Å². The molecule has 0 radical (unpaired) electrons. The molecule has 0 atom stereocenters. The molecule has 0 nitrogen and oxygen atoms in total. The minimum atomic E-state index is 0. The summed E-state index contributed by atoms with van der Waals surface area (Å²) >= 11 is 0. The molecule has 0 amide bonds. The summed E-state index contributed by atoms with van der Waals surface area (Å²) in [5, 5.41) is 0.